The lowest BCUT2D eigenvalue weighted by molar-refractivity contribution is 0.211. The van der Waals surface area contributed by atoms with Crippen molar-refractivity contribution in [1.82, 2.24) is 0 Å². The highest BCUT2D eigenvalue weighted by molar-refractivity contribution is 7.62. The van der Waals surface area contributed by atoms with Gasteiger partial charge in [0.1, 0.15) is 5.75 Å². The molecule has 0 aliphatic carbocycles. The Balaban J connectivity index is 2.17. The van der Waals surface area contributed by atoms with Crippen molar-refractivity contribution in [2.45, 2.75) is 12.8 Å². The van der Waals surface area contributed by atoms with Gasteiger partial charge in [-0.2, -0.15) is 8.42 Å². The van der Waals surface area contributed by atoms with Gasteiger partial charge in [-0.05, 0) is 36.6 Å². The van der Waals surface area contributed by atoms with Crippen molar-refractivity contribution in [2.24, 2.45) is 4.36 Å². The number of nitrogens with one attached hydrogen (secondary N) is 1. The molecule has 90 valence electrons. The lowest BCUT2D eigenvalue weighted by Gasteiger charge is -2.18. The standard InChI is InChI=1S/C10H10N2O4S/c13-10(12-17(14)15)16-8-3-4-9-7(6-8)2-1-5-11-9/h3-4,6,11H,1-2,5H2. The van der Waals surface area contributed by atoms with Crippen molar-refractivity contribution < 1.29 is 17.9 Å². The first-order valence-corrected chi connectivity index (χ1v) is 6.08. The minimum absolute atomic E-state index is 0.298. The maximum absolute atomic E-state index is 11.0. The molecule has 17 heavy (non-hydrogen) atoms. The predicted octanol–water partition coefficient (Wildman–Crippen LogP) is 1.61. The molecule has 1 heterocycles. The third-order valence-corrected chi connectivity index (χ3v) is 2.67. The average molecular weight is 254 g/mol. The zero-order valence-corrected chi connectivity index (χ0v) is 9.66. The summed E-state index contributed by atoms with van der Waals surface area (Å²) in [5.41, 5.74) is 2.06. The second-order valence-electron chi connectivity index (χ2n) is 3.53. The number of benzene rings is 1. The van der Waals surface area contributed by atoms with Crippen LogP contribution in [0.1, 0.15) is 12.0 Å². The van der Waals surface area contributed by atoms with Crippen LogP contribution in [0.5, 0.6) is 5.75 Å². The quantitative estimate of drug-likeness (QED) is 0.822. The van der Waals surface area contributed by atoms with Gasteiger partial charge in [0.25, 0.3) is 0 Å². The molecule has 1 aliphatic heterocycles. The second kappa shape index (κ2) is 4.96. The van der Waals surface area contributed by atoms with Crippen molar-refractivity contribution in [3.63, 3.8) is 0 Å². The van der Waals surface area contributed by atoms with Gasteiger partial charge in [-0.25, -0.2) is 4.79 Å². The van der Waals surface area contributed by atoms with E-state index in [2.05, 4.69) is 9.68 Å². The summed E-state index contributed by atoms with van der Waals surface area (Å²) in [7, 11) is -2.78. The summed E-state index contributed by atoms with van der Waals surface area (Å²) in [5.74, 6) is 0.298. The van der Waals surface area contributed by atoms with E-state index >= 15 is 0 Å². The van der Waals surface area contributed by atoms with Gasteiger partial charge in [0, 0.05) is 12.2 Å². The smallest absolute Gasteiger partial charge is 0.408 e. The Morgan fingerprint density at radius 1 is 1.41 bits per heavy atom. The van der Waals surface area contributed by atoms with Gasteiger partial charge in [0.2, 0.25) is 0 Å². The normalized spacial score (nSPS) is 13.2. The van der Waals surface area contributed by atoms with E-state index in [9.17, 15) is 13.2 Å². The number of aryl methyl sites for hydroxylation is 1. The fraction of sp³-hybridized carbons (Fsp3) is 0.300. The summed E-state index contributed by atoms with van der Waals surface area (Å²) in [4.78, 5) is 11.0. The number of fused-ring (bicyclic) bond motifs is 1. The van der Waals surface area contributed by atoms with Crippen LogP contribution in [0.15, 0.2) is 22.6 Å². The van der Waals surface area contributed by atoms with E-state index in [4.69, 9.17) is 4.74 Å². The predicted molar refractivity (Wildman–Crippen MR) is 60.6 cm³/mol. The van der Waals surface area contributed by atoms with Crippen molar-refractivity contribution in [1.29, 1.82) is 0 Å². The SMILES string of the molecule is O=C(N=S(=O)=O)Oc1ccc2c(c1)CCCN2. The minimum atomic E-state index is -2.78. The first-order valence-electron chi connectivity index (χ1n) is 5.05. The molecule has 0 bridgehead atoms. The fourth-order valence-corrected chi connectivity index (χ4v) is 1.85. The van der Waals surface area contributed by atoms with Crippen LogP contribution in [0.25, 0.3) is 0 Å². The highest BCUT2D eigenvalue weighted by atomic mass is 32.2. The third-order valence-electron chi connectivity index (χ3n) is 2.37. The number of nitrogens with zero attached hydrogens (tertiary/aromatic N) is 1. The highest BCUT2D eigenvalue weighted by Crippen LogP contribution is 2.26. The molecule has 1 aliphatic rings. The largest absolute Gasteiger partial charge is 0.454 e. The highest BCUT2D eigenvalue weighted by Gasteiger charge is 2.11. The molecule has 0 atom stereocenters. The number of anilines is 1. The Morgan fingerprint density at radius 3 is 3.00 bits per heavy atom. The molecule has 0 spiro atoms. The molecule has 0 unspecified atom stereocenters. The molecule has 7 heteroatoms. The fourth-order valence-electron chi connectivity index (χ4n) is 1.70. The Kier molecular flexibility index (Phi) is 3.38. The van der Waals surface area contributed by atoms with Gasteiger partial charge in [-0.15, -0.1) is 0 Å². The molecule has 6 nitrogen and oxygen atoms in total. The van der Waals surface area contributed by atoms with Crippen LogP contribution in [-0.4, -0.2) is 21.1 Å². The van der Waals surface area contributed by atoms with Crippen LogP contribution in [0.3, 0.4) is 0 Å². The second-order valence-corrected chi connectivity index (χ2v) is 4.14. The van der Waals surface area contributed by atoms with E-state index in [-0.39, 0.29) is 0 Å². The van der Waals surface area contributed by atoms with E-state index < -0.39 is 16.6 Å². The first kappa shape index (κ1) is 11.6. The number of amides is 1. The minimum Gasteiger partial charge on any atom is -0.408 e. The number of carbonyl (C=O) groups is 1. The van der Waals surface area contributed by atoms with Gasteiger partial charge in [-0.1, -0.05) is 4.36 Å². The molecule has 2 rings (SSSR count). The summed E-state index contributed by atoms with van der Waals surface area (Å²) in [6, 6.07) is 5.10. The summed E-state index contributed by atoms with van der Waals surface area (Å²) in [6.45, 7) is 0.927. The number of ether oxygens (including phenoxy) is 1. The lowest BCUT2D eigenvalue weighted by atomic mass is 10.0. The number of hydrogen-bond acceptors (Lipinski definition) is 5. The van der Waals surface area contributed by atoms with Gasteiger partial charge >= 0.3 is 16.6 Å². The van der Waals surface area contributed by atoms with Crippen LogP contribution in [-0.2, 0) is 16.9 Å². The van der Waals surface area contributed by atoms with Crippen LogP contribution in [0.4, 0.5) is 10.5 Å². The molecule has 0 saturated carbocycles. The molecule has 0 aromatic heterocycles. The van der Waals surface area contributed by atoms with Crippen LogP contribution < -0.4 is 10.1 Å². The van der Waals surface area contributed by atoms with Crippen LogP contribution >= 0.6 is 0 Å². The van der Waals surface area contributed by atoms with Crippen molar-refractivity contribution in [2.75, 3.05) is 11.9 Å². The zero-order chi connectivity index (χ0) is 12.3. The molecular formula is C10H10N2O4S. The van der Waals surface area contributed by atoms with E-state index in [1.807, 2.05) is 0 Å². The average Bonchev–Trinajstić information content (AvgIpc) is 2.27. The molecule has 0 fully saturated rings. The summed E-state index contributed by atoms with van der Waals surface area (Å²) in [6.07, 6.45) is 0.777. The van der Waals surface area contributed by atoms with E-state index in [1.165, 1.54) is 0 Å². The van der Waals surface area contributed by atoms with E-state index in [0.717, 1.165) is 30.6 Å². The van der Waals surface area contributed by atoms with Gasteiger partial charge in [0.15, 0.2) is 0 Å². The molecule has 0 radical (unpaired) electrons. The van der Waals surface area contributed by atoms with Crippen molar-refractivity contribution in [3.05, 3.63) is 23.8 Å². The van der Waals surface area contributed by atoms with Crippen LogP contribution in [0.2, 0.25) is 0 Å². The van der Waals surface area contributed by atoms with Gasteiger partial charge in [0.05, 0.1) is 0 Å². The van der Waals surface area contributed by atoms with Crippen molar-refractivity contribution in [3.8, 4) is 5.75 Å². The Morgan fingerprint density at radius 2 is 2.24 bits per heavy atom. The Bertz CT molecular complexity index is 572. The Labute approximate surface area is 99.3 Å². The summed E-state index contributed by atoms with van der Waals surface area (Å²) in [5, 5.41) is 3.21. The van der Waals surface area contributed by atoms with Gasteiger partial charge < -0.3 is 10.1 Å². The molecule has 1 aromatic rings. The zero-order valence-electron chi connectivity index (χ0n) is 8.84. The lowest BCUT2D eigenvalue weighted by Crippen LogP contribution is -2.12. The number of carbonyl (C=O) groups excluding carboxylic acids is 1. The monoisotopic (exact) mass is 254 g/mol. The molecule has 0 saturated heterocycles. The van der Waals surface area contributed by atoms with E-state index in [0.29, 0.717) is 5.75 Å². The number of rotatable bonds is 1. The van der Waals surface area contributed by atoms with E-state index in [1.54, 1.807) is 18.2 Å². The summed E-state index contributed by atoms with van der Waals surface area (Å²) < 4.78 is 27.8. The molecule has 1 amide bonds. The maximum Gasteiger partial charge on any atom is 0.454 e. The Hall–Kier alpha value is -1.89. The van der Waals surface area contributed by atoms with Crippen molar-refractivity contribution >= 4 is 22.3 Å². The first-order chi connectivity index (χ1) is 8.15. The topological polar surface area (TPSA) is 84.8 Å². The molecular weight excluding hydrogens is 244 g/mol. The summed E-state index contributed by atoms with van der Waals surface area (Å²) >= 11 is 0. The van der Waals surface area contributed by atoms with Gasteiger partial charge in [-0.3, -0.25) is 0 Å². The number of hydrogen-bond donors (Lipinski definition) is 1. The molecule has 1 aromatic carbocycles. The molecule has 1 N–H and O–H groups in total. The third kappa shape index (κ3) is 3.04. The van der Waals surface area contributed by atoms with Crippen LogP contribution in [0, 0.1) is 0 Å². The maximum atomic E-state index is 11.0.